The van der Waals surface area contributed by atoms with Gasteiger partial charge in [-0.3, -0.25) is 9.59 Å². The van der Waals surface area contributed by atoms with E-state index in [2.05, 4.69) is 16.3 Å². The zero-order valence-corrected chi connectivity index (χ0v) is 33.2. The van der Waals surface area contributed by atoms with E-state index in [0.29, 0.717) is 25.4 Å². The number of piperidine rings is 1. The van der Waals surface area contributed by atoms with Gasteiger partial charge >= 0.3 is 0 Å². The van der Waals surface area contributed by atoms with Gasteiger partial charge in [0.1, 0.15) is 18.1 Å². The molecule has 0 radical (unpaired) electrons. The summed E-state index contributed by atoms with van der Waals surface area (Å²) in [5.74, 6) is -0.0131. The summed E-state index contributed by atoms with van der Waals surface area (Å²) in [5, 5.41) is 2.86. The molecule has 2 amide bonds. The molecule has 5 rings (SSSR count). The lowest BCUT2D eigenvalue weighted by atomic mass is 9.81. The van der Waals surface area contributed by atoms with Crippen molar-refractivity contribution in [3.05, 3.63) is 83.4 Å². The van der Waals surface area contributed by atoms with Crippen LogP contribution in [0.1, 0.15) is 62.6 Å². The van der Waals surface area contributed by atoms with Crippen molar-refractivity contribution in [2.24, 2.45) is 17.1 Å². The van der Waals surface area contributed by atoms with Gasteiger partial charge in [-0.05, 0) is 87.6 Å². The van der Waals surface area contributed by atoms with E-state index in [9.17, 15) is 18.0 Å². The normalized spacial score (nSPS) is 19.7. The fourth-order valence-corrected chi connectivity index (χ4v) is 8.73. The van der Waals surface area contributed by atoms with Crippen LogP contribution in [0.4, 0.5) is 5.69 Å². The summed E-state index contributed by atoms with van der Waals surface area (Å²) in [5.41, 5.74) is 8.49. The number of nitrogens with zero attached hydrogens (tertiary/aromatic N) is 2. The van der Waals surface area contributed by atoms with Crippen molar-refractivity contribution in [2.45, 2.75) is 76.5 Å². The van der Waals surface area contributed by atoms with E-state index < -0.39 is 39.4 Å². The number of benzene rings is 3. The topological polar surface area (TPSA) is 150 Å². The predicted molar refractivity (Wildman–Crippen MR) is 208 cm³/mol. The van der Waals surface area contributed by atoms with Crippen molar-refractivity contribution in [3.8, 4) is 11.5 Å². The van der Waals surface area contributed by atoms with Crippen molar-refractivity contribution in [1.29, 1.82) is 0 Å². The molecule has 3 N–H and O–H groups in total. The third kappa shape index (κ3) is 9.92. The van der Waals surface area contributed by atoms with Crippen LogP contribution in [0.5, 0.6) is 11.5 Å². The Morgan fingerprint density at radius 3 is 2.44 bits per heavy atom. The maximum Gasteiger partial charge on any atom is 0.243 e. The van der Waals surface area contributed by atoms with Crippen LogP contribution in [0.3, 0.4) is 0 Å². The minimum Gasteiger partial charge on any atom is -0.497 e. The molecule has 3 aromatic carbocycles. The first-order chi connectivity index (χ1) is 25.7. The molecule has 0 saturated carbocycles. The van der Waals surface area contributed by atoms with Gasteiger partial charge in [-0.15, -0.1) is 0 Å². The molecular weight excluding hydrogens is 709 g/mol. The fourth-order valence-electron chi connectivity index (χ4n) is 7.07. The summed E-state index contributed by atoms with van der Waals surface area (Å²) in [4.78, 5) is 27.8. The van der Waals surface area contributed by atoms with E-state index in [1.807, 2.05) is 43.3 Å². The lowest BCUT2D eigenvalue weighted by Gasteiger charge is -2.44. The Morgan fingerprint density at radius 1 is 1.06 bits per heavy atom. The van der Waals surface area contributed by atoms with Crippen molar-refractivity contribution in [2.75, 3.05) is 58.5 Å². The number of fused-ring (bicyclic) bond motifs is 1. The minimum atomic E-state index is -4.00. The quantitative estimate of drug-likeness (QED) is 0.181. The monoisotopic (exact) mass is 764 g/mol. The van der Waals surface area contributed by atoms with E-state index in [1.54, 1.807) is 59.3 Å². The van der Waals surface area contributed by atoms with E-state index >= 15 is 0 Å². The largest absolute Gasteiger partial charge is 0.497 e. The Kier molecular flexibility index (Phi) is 13.6. The van der Waals surface area contributed by atoms with Crippen LogP contribution < -0.4 is 25.4 Å². The van der Waals surface area contributed by atoms with Gasteiger partial charge in [-0.1, -0.05) is 42.8 Å². The lowest BCUT2D eigenvalue weighted by molar-refractivity contribution is -0.128. The van der Waals surface area contributed by atoms with E-state index in [1.165, 1.54) is 4.31 Å². The number of sulfonamides is 1. The minimum absolute atomic E-state index is 0.0751. The highest BCUT2D eigenvalue weighted by molar-refractivity contribution is 7.89. The zero-order valence-electron chi connectivity index (χ0n) is 32.4. The molecule has 1 fully saturated rings. The molecule has 0 aliphatic carbocycles. The SMILES string of the molecule is COCCCN1CCOc2ccc(CO[C@H]3CN(S(=O)(=O)c4ccc(C)cc4)[C@@H](CC(C)C(=O)NCC(C)(C)C(N)=O)C[C@@H]3c3ccc(OC)cc3)cc21. The van der Waals surface area contributed by atoms with E-state index in [0.717, 1.165) is 47.6 Å². The highest BCUT2D eigenvalue weighted by Gasteiger charge is 2.44. The molecule has 13 heteroatoms. The highest BCUT2D eigenvalue weighted by Crippen LogP contribution is 2.40. The molecule has 1 saturated heterocycles. The summed E-state index contributed by atoms with van der Waals surface area (Å²) in [7, 11) is -0.682. The number of aryl methyl sites for hydroxylation is 1. The molecule has 3 aromatic rings. The maximum atomic E-state index is 14.5. The molecule has 1 unspecified atom stereocenters. The third-order valence-corrected chi connectivity index (χ3v) is 12.5. The molecule has 294 valence electrons. The summed E-state index contributed by atoms with van der Waals surface area (Å²) in [6.45, 7) is 10.4. The number of hydrogen-bond acceptors (Lipinski definition) is 9. The standard InChI is InChI=1S/C41H56N4O8S/c1-28-8-15-34(16-9-28)54(48,49)45-25-38(53-26-30-10-17-37-36(23-30)44(19-21-52-37)18-7-20-50-5)35(31-11-13-33(51-6)14-12-31)24-32(45)22-29(2)39(46)43-27-41(3,4)40(42)47/h8-17,23,29,32,35,38H,7,18-22,24-27H2,1-6H3,(H2,42,47)(H,43,46)/t29?,32-,35+,38-/m0/s1. The average molecular weight is 765 g/mol. The smallest absolute Gasteiger partial charge is 0.243 e. The number of nitrogens with two attached hydrogens (primary N) is 1. The molecule has 0 bridgehead atoms. The van der Waals surface area contributed by atoms with Crippen LogP contribution in [0.15, 0.2) is 71.6 Å². The van der Waals surface area contributed by atoms with E-state index in [-0.39, 0.29) is 42.8 Å². The van der Waals surface area contributed by atoms with Gasteiger partial charge in [-0.25, -0.2) is 8.42 Å². The van der Waals surface area contributed by atoms with Gasteiger partial charge in [-0.2, -0.15) is 4.31 Å². The van der Waals surface area contributed by atoms with Crippen LogP contribution >= 0.6 is 0 Å². The summed E-state index contributed by atoms with van der Waals surface area (Å²) in [6, 6.07) is 20.1. The van der Waals surface area contributed by atoms with Crippen molar-refractivity contribution in [1.82, 2.24) is 9.62 Å². The summed E-state index contributed by atoms with van der Waals surface area (Å²) in [6.07, 6.45) is 1.05. The first-order valence-electron chi connectivity index (χ1n) is 18.6. The maximum absolute atomic E-state index is 14.5. The number of ether oxygens (including phenoxy) is 4. The number of hydrogen-bond donors (Lipinski definition) is 2. The number of anilines is 1. The molecule has 54 heavy (non-hydrogen) atoms. The van der Waals surface area contributed by atoms with Crippen LogP contribution in [0.2, 0.25) is 0 Å². The van der Waals surface area contributed by atoms with Crippen molar-refractivity contribution in [3.63, 3.8) is 0 Å². The van der Waals surface area contributed by atoms with Crippen molar-refractivity contribution < 1.29 is 37.0 Å². The van der Waals surface area contributed by atoms with Crippen LogP contribution in [0.25, 0.3) is 0 Å². The second-order valence-corrected chi connectivity index (χ2v) is 17.0. The number of amides is 2. The fraction of sp³-hybridized carbons (Fsp3) is 0.512. The third-order valence-electron chi connectivity index (χ3n) is 10.6. The molecule has 12 nitrogen and oxygen atoms in total. The Morgan fingerprint density at radius 2 is 1.78 bits per heavy atom. The Balaban J connectivity index is 1.45. The number of carbonyl (C=O) groups excluding carboxylic acids is 2. The molecule has 2 heterocycles. The molecule has 2 aliphatic heterocycles. The Hall–Kier alpha value is -4.17. The first-order valence-corrected chi connectivity index (χ1v) is 20.1. The number of primary amides is 1. The van der Waals surface area contributed by atoms with Gasteiger partial charge in [0.2, 0.25) is 21.8 Å². The van der Waals surface area contributed by atoms with E-state index in [4.69, 9.17) is 24.7 Å². The molecule has 0 spiro atoms. The van der Waals surface area contributed by atoms with Gasteiger partial charge in [0.25, 0.3) is 0 Å². The second-order valence-electron chi connectivity index (χ2n) is 15.1. The van der Waals surface area contributed by atoms with Gasteiger partial charge in [0.05, 0.1) is 42.4 Å². The Labute approximate surface area is 320 Å². The van der Waals surface area contributed by atoms with Crippen LogP contribution in [-0.2, 0) is 35.7 Å². The summed E-state index contributed by atoms with van der Waals surface area (Å²) >= 11 is 0. The lowest BCUT2D eigenvalue weighted by Crippen LogP contribution is -2.53. The molecule has 4 atom stereocenters. The van der Waals surface area contributed by atoms with Gasteiger partial charge < -0.3 is 34.9 Å². The van der Waals surface area contributed by atoms with Crippen molar-refractivity contribution >= 4 is 27.5 Å². The Bertz CT molecular complexity index is 1830. The predicted octanol–water partition coefficient (Wildman–Crippen LogP) is 5.03. The van der Waals surface area contributed by atoms with Crippen LogP contribution in [-0.4, -0.2) is 90.3 Å². The number of rotatable bonds is 17. The second kappa shape index (κ2) is 18.0. The summed E-state index contributed by atoms with van der Waals surface area (Å²) < 4.78 is 54.0. The number of methoxy groups -OCH3 is 2. The van der Waals surface area contributed by atoms with Crippen LogP contribution in [0, 0.1) is 18.3 Å². The highest BCUT2D eigenvalue weighted by atomic mass is 32.2. The number of carbonyl (C=O) groups is 2. The number of nitrogens with one attached hydrogen (secondary N) is 1. The molecule has 0 aromatic heterocycles. The molecular formula is C41H56N4O8S. The molecule has 2 aliphatic rings. The first kappa shape index (κ1) is 41.0. The zero-order chi connectivity index (χ0) is 39.0. The van der Waals surface area contributed by atoms with Gasteiger partial charge in [0, 0.05) is 51.2 Å². The van der Waals surface area contributed by atoms with Gasteiger partial charge in [0.15, 0.2) is 0 Å². The average Bonchev–Trinajstić information content (AvgIpc) is 3.16.